The van der Waals surface area contributed by atoms with E-state index in [1.165, 1.54) is 18.5 Å². The molecule has 0 aliphatic rings. The maximum absolute atomic E-state index is 13.5. The molecule has 2 aromatic rings. The van der Waals surface area contributed by atoms with Crippen LogP contribution in [0.2, 0.25) is 0 Å². The second kappa shape index (κ2) is 6.14. The Bertz CT molecular complexity index is 613. The third-order valence-corrected chi connectivity index (χ3v) is 2.67. The third kappa shape index (κ3) is 3.11. The first-order chi connectivity index (χ1) is 9.61. The lowest BCUT2D eigenvalue weighted by atomic mass is 10.2. The maximum Gasteiger partial charge on any atom is 0.338 e. The predicted octanol–water partition coefficient (Wildman–Crippen LogP) is 2.10. The van der Waals surface area contributed by atoms with Crippen LogP contribution >= 0.6 is 0 Å². The zero-order valence-corrected chi connectivity index (χ0v) is 10.9. The first-order valence-electron chi connectivity index (χ1n) is 6.14. The first kappa shape index (κ1) is 14.0. The van der Waals surface area contributed by atoms with Crippen molar-refractivity contribution in [1.29, 1.82) is 0 Å². The molecule has 6 nitrogen and oxygen atoms in total. The van der Waals surface area contributed by atoms with Gasteiger partial charge in [0, 0.05) is 12.6 Å². The SMILES string of the molecule is CCCn1ncnc1COc1ccc(C(=O)O)c(F)c1. The summed E-state index contributed by atoms with van der Waals surface area (Å²) < 4.78 is 20.6. The quantitative estimate of drug-likeness (QED) is 0.876. The molecular weight excluding hydrogens is 265 g/mol. The molecule has 7 heteroatoms. The number of carboxylic acid groups (broad SMARTS) is 1. The fourth-order valence-electron chi connectivity index (χ4n) is 1.71. The summed E-state index contributed by atoms with van der Waals surface area (Å²) in [5.74, 6) is -1.25. The number of hydrogen-bond acceptors (Lipinski definition) is 4. The first-order valence-corrected chi connectivity index (χ1v) is 6.14. The average Bonchev–Trinajstić information content (AvgIpc) is 2.84. The standard InChI is InChI=1S/C13H14FN3O3/c1-2-5-17-12(15-8-16-17)7-20-9-3-4-10(13(18)19)11(14)6-9/h3-4,6,8H,2,5,7H2,1H3,(H,18,19). The van der Waals surface area contributed by atoms with Crippen LogP contribution in [-0.2, 0) is 13.2 Å². The molecular formula is C13H14FN3O3. The van der Waals surface area contributed by atoms with Crippen LogP contribution < -0.4 is 4.74 Å². The van der Waals surface area contributed by atoms with Crippen molar-refractivity contribution in [3.8, 4) is 5.75 Å². The molecule has 0 atom stereocenters. The minimum absolute atomic E-state index is 0.145. The maximum atomic E-state index is 13.5. The van der Waals surface area contributed by atoms with Crippen LogP contribution in [0.4, 0.5) is 4.39 Å². The summed E-state index contributed by atoms with van der Waals surface area (Å²) in [4.78, 5) is 14.7. The molecule has 2 rings (SSSR count). The Hall–Kier alpha value is -2.44. The van der Waals surface area contributed by atoms with E-state index in [0.29, 0.717) is 5.82 Å². The number of carbonyl (C=O) groups is 1. The Morgan fingerprint density at radius 2 is 2.30 bits per heavy atom. The van der Waals surface area contributed by atoms with E-state index in [1.54, 1.807) is 4.68 Å². The van der Waals surface area contributed by atoms with Crippen molar-refractivity contribution in [2.24, 2.45) is 0 Å². The van der Waals surface area contributed by atoms with Gasteiger partial charge in [0.15, 0.2) is 5.82 Å². The highest BCUT2D eigenvalue weighted by Crippen LogP contribution is 2.17. The minimum atomic E-state index is -1.31. The number of rotatable bonds is 6. The monoisotopic (exact) mass is 279 g/mol. The largest absolute Gasteiger partial charge is 0.486 e. The van der Waals surface area contributed by atoms with Gasteiger partial charge in [-0.15, -0.1) is 0 Å². The average molecular weight is 279 g/mol. The van der Waals surface area contributed by atoms with Crippen molar-refractivity contribution in [3.05, 3.63) is 41.7 Å². The van der Waals surface area contributed by atoms with E-state index in [9.17, 15) is 9.18 Å². The normalized spacial score (nSPS) is 10.5. The molecule has 1 aromatic heterocycles. The molecule has 0 bridgehead atoms. The van der Waals surface area contributed by atoms with E-state index >= 15 is 0 Å². The molecule has 1 heterocycles. The van der Waals surface area contributed by atoms with Crippen LogP contribution in [0.25, 0.3) is 0 Å². The van der Waals surface area contributed by atoms with Crippen LogP contribution in [-0.4, -0.2) is 25.8 Å². The lowest BCUT2D eigenvalue weighted by molar-refractivity contribution is 0.0692. The molecule has 0 amide bonds. The predicted molar refractivity (Wildman–Crippen MR) is 68.0 cm³/mol. The van der Waals surface area contributed by atoms with Crippen molar-refractivity contribution in [1.82, 2.24) is 14.8 Å². The van der Waals surface area contributed by atoms with Crippen molar-refractivity contribution >= 4 is 5.97 Å². The Labute approximate surface area is 114 Å². The Balaban J connectivity index is 2.05. The summed E-state index contributed by atoms with van der Waals surface area (Å²) in [6, 6.07) is 3.63. The number of halogens is 1. The Morgan fingerprint density at radius 1 is 1.50 bits per heavy atom. The lowest BCUT2D eigenvalue weighted by Crippen LogP contribution is -2.09. The summed E-state index contributed by atoms with van der Waals surface area (Å²) in [5.41, 5.74) is -0.383. The van der Waals surface area contributed by atoms with E-state index in [1.807, 2.05) is 6.92 Å². The summed E-state index contributed by atoms with van der Waals surface area (Å²) >= 11 is 0. The molecule has 0 unspecified atom stereocenters. The third-order valence-electron chi connectivity index (χ3n) is 2.67. The van der Waals surface area contributed by atoms with Gasteiger partial charge in [-0.25, -0.2) is 18.9 Å². The fraction of sp³-hybridized carbons (Fsp3) is 0.308. The Kier molecular flexibility index (Phi) is 4.29. The highest BCUT2D eigenvalue weighted by molar-refractivity contribution is 5.88. The smallest absolute Gasteiger partial charge is 0.338 e. The van der Waals surface area contributed by atoms with E-state index in [0.717, 1.165) is 19.0 Å². The molecule has 0 fully saturated rings. The van der Waals surface area contributed by atoms with Gasteiger partial charge in [-0.3, -0.25) is 0 Å². The van der Waals surface area contributed by atoms with Crippen LogP contribution in [0.3, 0.4) is 0 Å². The van der Waals surface area contributed by atoms with E-state index < -0.39 is 11.8 Å². The summed E-state index contributed by atoms with van der Waals surface area (Å²) in [6.07, 6.45) is 2.35. The second-order valence-corrected chi connectivity index (χ2v) is 4.13. The minimum Gasteiger partial charge on any atom is -0.486 e. The van der Waals surface area contributed by atoms with Gasteiger partial charge in [-0.1, -0.05) is 6.92 Å². The highest BCUT2D eigenvalue weighted by Gasteiger charge is 2.11. The van der Waals surface area contributed by atoms with Gasteiger partial charge in [0.05, 0.1) is 5.56 Å². The fourth-order valence-corrected chi connectivity index (χ4v) is 1.71. The van der Waals surface area contributed by atoms with Crippen molar-refractivity contribution < 1.29 is 19.0 Å². The lowest BCUT2D eigenvalue weighted by Gasteiger charge is -2.08. The number of nitrogens with zero attached hydrogens (tertiary/aromatic N) is 3. The Morgan fingerprint density at radius 3 is 2.95 bits per heavy atom. The van der Waals surface area contributed by atoms with Gasteiger partial charge in [-0.05, 0) is 18.6 Å². The van der Waals surface area contributed by atoms with E-state index in [2.05, 4.69) is 10.1 Å². The highest BCUT2D eigenvalue weighted by atomic mass is 19.1. The molecule has 0 saturated heterocycles. The summed E-state index contributed by atoms with van der Waals surface area (Å²) in [6.45, 7) is 2.89. The number of ether oxygens (including phenoxy) is 1. The van der Waals surface area contributed by atoms with Crippen molar-refractivity contribution in [3.63, 3.8) is 0 Å². The van der Waals surface area contributed by atoms with Crippen LogP contribution in [0, 0.1) is 5.82 Å². The number of aromatic carboxylic acids is 1. The molecule has 1 N–H and O–H groups in total. The summed E-state index contributed by atoms with van der Waals surface area (Å²) in [5, 5.41) is 12.8. The van der Waals surface area contributed by atoms with Gasteiger partial charge in [-0.2, -0.15) is 5.10 Å². The topological polar surface area (TPSA) is 77.2 Å². The van der Waals surface area contributed by atoms with E-state index in [-0.39, 0.29) is 17.9 Å². The number of hydrogen-bond donors (Lipinski definition) is 1. The molecule has 20 heavy (non-hydrogen) atoms. The molecule has 106 valence electrons. The van der Waals surface area contributed by atoms with Gasteiger partial charge in [0.1, 0.15) is 24.5 Å². The molecule has 0 radical (unpaired) electrons. The molecule has 0 saturated carbocycles. The van der Waals surface area contributed by atoms with Gasteiger partial charge < -0.3 is 9.84 Å². The second-order valence-electron chi connectivity index (χ2n) is 4.13. The van der Waals surface area contributed by atoms with Gasteiger partial charge in [0.25, 0.3) is 0 Å². The molecule has 0 aliphatic carbocycles. The van der Waals surface area contributed by atoms with Crippen LogP contribution in [0.5, 0.6) is 5.75 Å². The molecule has 1 aromatic carbocycles. The number of aryl methyl sites for hydroxylation is 1. The van der Waals surface area contributed by atoms with E-state index in [4.69, 9.17) is 9.84 Å². The number of carboxylic acids is 1. The van der Waals surface area contributed by atoms with Crippen molar-refractivity contribution in [2.45, 2.75) is 26.5 Å². The van der Waals surface area contributed by atoms with Crippen LogP contribution in [0.1, 0.15) is 29.5 Å². The molecule has 0 aliphatic heterocycles. The number of benzene rings is 1. The van der Waals surface area contributed by atoms with Crippen LogP contribution in [0.15, 0.2) is 24.5 Å². The van der Waals surface area contributed by atoms with Gasteiger partial charge >= 0.3 is 5.97 Å². The zero-order chi connectivity index (χ0) is 14.5. The zero-order valence-electron chi connectivity index (χ0n) is 10.9. The molecule has 0 spiro atoms. The summed E-state index contributed by atoms with van der Waals surface area (Å²) in [7, 11) is 0. The van der Waals surface area contributed by atoms with Crippen molar-refractivity contribution in [2.75, 3.05) is 0 Å². The number of aromatic nitrogens is 3. The van der Waals surface area contributed by atoms with Gasteiger partial charge in [0.2, 0.25) is 0 Å².